The molecule has 1 aliphatic heterocycles. The number of esters is 1. The van der Waals surface area contributed by atoms with Crippen molar-refractivity contribution < 1.29 is 19.1 Å². The number of carbonyl (C=O) groups is 3. The number of urea groups is 1. The van der Waals surface area contributed by atoms with E-state index in [4.69, 9.17) is 0 Å². The number of methoxy groups -OCH3 is 1. The first-order valence-corrected chi connectivity index (χ1v) is 7.57. The Morgan fingerprint density at radius 3 is 2.71 bits per heavy atom. The summed E-state index contributed by atoms with van der Waals surface area (Å²) in [6, 6.07) is 8.33. The molecule has 1 fully saturated rings. The number of hydrogen-bond acceptors (Lipinski definition) is 5. The summed E-state index contributed by atoms with van der Waals surface area (Å²) in [5.74, 6) is -0.0982. The molecule has 0 aliphatic carbocycles. The van der Waals surface area contributed by atoms with Gasteiger partial charge in [-0.3, -0.25) is 14.5 Å². The Kier molecular flexibility index (Phi) is 5.21. The van der Waals surface area contributed by atoms with Crippen molar-refractivity contribution in [1.29, 1.82) is 0 Å². The van der Waals surface area contributed by atoms with Gasteiger partial charge in [0.05, 0.1) is 19.4 Å². The number of amides is 3. The zero-order chi connectivity index (χ0) is 15.2. The molecule has 1 atom stereocenters. The van der Waals surface area contributed by atoms with Crippen molar-refractivity contribution in [2.24, 2.45) is 0 Å². The van der Waals surface area contributed by atoms with Crippen LogP contribution in [0.15, 0.2) is 30.3 Å². The van der Waals surface area contributed by atoms with Crippen LogP contribution in [0.1, 0.15) is 5.56 Å². The lowest BCUT2D eigenvalue weighted by Crippen LogP contribution is -2.32. The van der Waals surface area contributed by atoms with Gasteiger partial charge in [-0.15, -0.1) is 11.8 Å². The predicted molar refractivity (Wildman–Crippen MR) is 78.7 cm³/mol. The van der Waals surface area contributed by atoms with Gasteiger partial charge in [0.15, 0.2) is 0 Å². The zero-order valence-electron chi connectivity index (χ0n) is 11.6. The minimum absolute atomic E-state index is 0.162. The van der Waals surface area contributed by atoms with Gasteiger partial charge in [0.25, 0.3) is 5.91 Å². The quantitative estimate of drug-likeness (QED) is 0.627. The standard InChI is InChI=1S/C14H16N2O4S/c1-20-12(17)9-21-8-11-13(18)16(14(19)15-11)7-10-5-3-2-4-6-10/h2-6,11H,7-9H2,1H3,(H,15,19). The van der Waals surface area contributed by atoms with E-state index in [1.54, 1.807) is 0 Å². The number of rotatable bonds is 6. The lowest BCUT2D eigenvalue weighted by Gasteiger charge is -2.12. The molecule has 0 aromatic heterocycles. The highest BCUT2D eigenvalue weighted by atomic mass is 32.2. The second-order valence-corrected chi connectivity index (χ2v) is 5.53. The van der Waals surface area contributed by atoms with Crippen LogP contribution >= 0.6 is 11.8 Å². The van der Waals surface area contributed by atoms with E-state index in [9.17, 15) is 14.4 Å². The summed E-state index contributed by atoms with van der Waals surface area (Å²) >= 11 is 1.26. The van der Waals surface area contributed by atoms with Crippen molar-refractivity contribution in [1.82, 2.24) is 10.2 Å². The van der Waals surface area contributed by atoms with Crippen LogP contribution < -0.4 is 5.32 Å². The molecule has 0 spiro atoms. The summed E-state index contributed by atoms with van der Waals surface area (Å²) in [6.45, 7) is 0.254. The molecule has 1 N–H and O–H groups in total. The Labute approximate surface area is 126 Å². The third-order valence-electron chi connectivity index (χ3n) is 3.02. The molecule has 1 aromatic carbocycles. The number of imide groups is 1. The van der Waals surface area contributed by atoms with Gasteiger partial charge in [-0.2, -0.15) is 0 Å². The molecule has 0 radical (unpaired) electrons. The molecule has 1 saturated heterocycles. The van der Waals surface area contributed by atoms with E-state index in [2.05, 4.69) is 10.1 Å². The molecule has 2 rings (SSSR count). The van der Waals surface area contributed by atoms with Crippen LogP contribution in [-0.4, -0.2) is 47.5 Å². The maximum absolute atomic E-state index is 12.2. The van der Waals surface area contributed by atoms with Crippen molar-refractivity contribution in [2.45, 2.75) is 12.6 Å². The van der Waals surface area contributed by atoms with E-state index < -0.39 is 12.1 Å². The Morgan fingerprint density at radius 2 is 2.05 bits per heavy atom. The van der Waals surface area contributed by atoms with Crippen LogP contribution in [0, 0.1) is 0 Å². The largest absolute Gasteiger partial charge is 0.468 e. The summed E-state index contributed by atoms with van der Waals surface area (Å²) < 4.78 is 4.52. The van der Waals surface area contributed by atoms with Gasteiger partial charge in [0.1, 0.15) is 6.04 Å². The minimum Gasteiger partial charge on any atom is -0.468 e. The molecule has 1 heterocycles. The van der Waals surface area contributed by atoms with Crippen molar-refractivity contribution in [3.8, 4) is 0 Å². The monoisotopic (exact) mass is 308 g/mol. The fraction of sp³-hybridized carbons (Fsp3) is 0.357. The molecular formula is C14H16N2O4S. The van der Waals surface area contributed by atoms with Gasteiger partial charge >= 0.3 is 12.0 Å². The second kappa shape index (κ2) is 7.12. The number of ether oxygens (including phenoxy) is 1. The van der Waals surface area contributed by atoms with Crippen molar-refractivity contribution >= 4 is 29.7 Å². The number of hydrogen-bond donors (Lipinski definition) is 1. The average molecular weight is 308 g/mol. The molecule has 1 aliphatic rings. The van der Waals surface area contributed by atoms with Crippen LogP contribution in [0.5, 0.6) is 0 Å². The molecule has 3 amide bonds. The summed E-state index contributed by atoms with van der Waals surface area (Å²) in [4.78, 5) is 36.2. The molecule has 6 nitrogen and oxygen atoms in total. The van der Waals surface area contributed by atoms with Crippen LogP contribution in [0.25, 0.3) is 0 Å². The number of benzene rings is 1. The molecule has 1 aromatic rings. The molecule has 7 heteroatoms. The SMILES string of the molecule is COC(=O)CSCC1NC(=O)N(Cc2ccccc2)C1=O. The average Bonchev–Trinajstić information content (AvgIpc) is 2.76. The maximum atomic E-state index is 12.2. The van der Waals surface area contributed by atoms with Gasteiger partial charge < -0.3 is 10.1 Å². The number of carbonyl (C=O) groups excluding carboxylic acids is 3. The van der Waals surface area contributed by atoms with E-state index in [1.165, 1.54) is 23.8 Å². The number of nitrogens with zero attached hydrogens (tertiary/aromatic N) is 1. The van der Waals surface area contributed by atoms with Gasteiger partial charge in [-0.1, -0.05) is 30.3 Å². The second-order valence-electron chi connectivity index (χ2n) is 4.50. The van der Waals surface area contributed by atoms with Gasteiger partial charge in [0.2, 0.25) is 0 Å². The maximum Gasteiger partial charge on any atom is 0.325 e. The Hall–Kier alpha value is -2.02. The molecule has 1 unspecified atom stereocenters. The molecular weight excluding hydrogens is 292 g/mol. The van der Waals surface area contributed by atoms with Crippen molar-refractivity contribution in [3.63, 3.8) is 0 Å². The lowest BCUT2D eigenvalue weighted by molar-refractivity contribution is -0.137. The topological polar surface area (TPSA) is 75.7 Å². The van der Waals surface area contributed by atoms with Crippen molar-refractivity contribution in [2.75, 3.05) is 18.6 Å². The third kappa shape index (κ3) is 3.98. The van der Waals surface area contributed by atoms with Crippen LogP contribution in [0.3, 0.4) is 0 Å². The van der Waals surface area contributed by atoms with Gasteiger partial charge in [-0.25, -0.2) is 4.79 Å². The van der Waals surface area contributed by atoms with E-state index in [-0.39, 0.29) is 24.2 Å². The van der Waals surface area contributed by atoms with Crippen LogP contribution in [0.2, 0.25) is 0 Å². The Balaban J connectivity index is 1.89. The number of thioether (sulfide) groups is 1. The van der Waals surface area contributed by atoms with Gasteiger partial charge in [0, 0.05) is 5.75 Å². The molecule has 21 heavy (non-hydrogen) atoms. The summed E-state index contributed by atoms with van der Waals surface area (Å²) in [7, 11) is 1.31. The molecule has 112 valence electrons. The van der Waals surface area contributed by atoms with E-state index in [0.29, 0.717) is 5.75 Å². The highest BCUT2D eigenvalue weighted by Gasteiger charge is 2.37. The molecule has 0 saturated carbocycles. The zero-order valence-corrected chi connectivity index (χ0v) is 12.4. The third-order valence-corrected chi connectivity index (χ3v) is 4.03. The highest BCUT2D eigenvalue weighted by Crippen LogP contribution is 2.15. The first-order chi connectivity index (χ1) is 10.1. The van der Waals surface area contributed by atoms with Crippen molar-refractivity contribution in [3.05, 3.63) is 35.9 Å². The summed E-state index contributed by atoms with van der Waals surface area (Å²) in [6.07, 6.45) is 0. The fourth-order valence-corrected chi connectivity index (χ4v) is 2.79. The smallest absolute Gasteiger partial charge is 0.325 e. The Morgan fingerprint density at radius 1 is 1.33 bits per heavy atom. The van der Waals surface area contributed by atoms with Crippen LogP contribution in [0.4, 0.5) is 4.79 Å². The normalized spacial score (nSPS) is 17.8. The first-order valence-electron chi connectivity index (χ1n) is 6.42. The fourth-order valence-electron chi connectivity index (χ4n) is 1.92. The first kappa shape index (κ1) is 15.4. The molecule has 0 bridgehead atoms. The highest BCUT2D eigenvalue weighted by molar-refractivity contribution is 8.00. The predicted octanol–water partition coefficient (Wildman–Crippen LogP) is 1.01. The Bertz CT molecular complexity index is 535. The lowest BCUT2D eigenvalue weighted by atomic mass is 10.2. The van der Waals surface area contributed by atoms with E-state index in [0.717, 1.165) is 5.56 Å². The van der Waals surface area contributed by atoms with Gasteiger partial charge in [-0.05, 0) is 5.56 Å². The summed E-state index contributed by atoms with van der Waals surface area (Å²) in [5.41, 5.74) is 0.892. The van der Waals surface area contributed by atoms with Crippen LogP contribution in [-0.2, 0) is 20.9 Å². The van der Waals surface area contributed by atoms with E-state index >= 15 is 0 Å². The summed E-state index contributed by atoms with van der Waals surface area (Å²) in [5, 5.41) is 2.63. The van der Waals surface area contributed by atoms with E-state index in [1.807, 2.05) is 30.3 Å². The minimum atomic E-state index is -0.587. The number of nitrogens with one attached hydrogen (secondary N) is 1.